The number of hydrogen-bond donors (Lipinski definition) is 0. The van der Waals surface area contributed by atoms with Crippen molar-refractivity contribution in [2.75, 3.05) is 14.2 Å². The number of fused-ring (bicyclic) bond motifs is 1. The third-order valence-corrected chi connectivity index (χ3v) is 8.61. The van der Waals surface area contributed by atoms with Crippen molar-refractivity contribution in [3.8, 4) is 33.9 Å². The topological polar surface area (TPSA) is 62.5 Å². The molecule has 0 aliphatic rings. The lowest BCUT2D eigenvalue weighted by atomic mass is 10.0. The number of methoxy groups -OCH3 is 2. The predicted octanol–water partition coefficient (Wildman–Crippen LogP) is 9.58. The standard InChI is InChI=1S/C40H38N2O4/c1-25(2)27-15-19-33(20-16-27)41-35(29-7-11-31(12-8-29)39(43)45-5)23-38-37(41)24-36(30-9-13-32(14-10-30)40(44)46-6)42(38)34-21-17-28(18-22-34)26(3)4/h7-26H,1-6H3. The monoisotopic (exact) mass is 610 g/mol. The van der Waals surface area contributed by atoms with Gasteiger partial charge in [-0.1, -0.05) is 76.2 Å². The van der Waals surface area contributed by atoms with Crippen LogP contribution in [0.1, 0.15) is 71.4 Å². The van der Waals surface area contributed by atoms with Gasteiger partial charge in [-0.3, -0.25) is 0 Å². The van der Waals surface area contributed by atoms with Crippen LogP contribution in [0, 0.1) is 0 Å². The van der Waals surface area contributed by atoms with Gasteiger partial charge >= 0.3 is 11.9 Å². The molecule has 6 nitrogen and oxygen atoms in total. The third-order valence-electron chi connectivity index (χ3n) is 8.61. The fourth-order valence-corrected chi connectivity index (χ4v) is 5.94. The first-order valence-corrected chi connectivity index (χ1v) is 15.6. The molecule has 46 heavy (non-hydrogen) atoms. The molecular formula is C40H38N2O4. The van der Waals surface area contributed by atoms with Gasteiger partial charge in [-0.15, -0.1) is 0 Å². The van der Waals surface area contributed by atoms with Crippen LogP contribution in [0.15, 0.2) is 109 Å². The van der Waals surface area contributed by atoms with Gasteiger partial charge < -0.3 is 18.6 Å². The number of aromatic nitrogens is 2. The number of carbonyl (C=O) groups is 2. The number of carbonyl (C=O) groups excluding carboxylic acids is 2. The Morgan fingerprint density at radius 3 is 1.11 bits per heavy atom. The first kappa shape index (κ1) is 30.7. The second-order valence-electron chi connectivity index (χ2n) is 12.1. The Morgan fingerprint density at radius 2 is 0.826 bits per heavy atom. The largest absolute Gasteiger partial charge is 0.465 e. The number of hydrogen-bond acceptors (Lipinski definition) is 4. The maximum absolute atomic E-state index is 12.2. The van der Waals surface area contributed by atoms with Crippen LogP contribution in [0.2, 0.25) is 0 Å². The highest BCUT2D eigenvalue weighted by Crippen LogP contribution is 2.39. The van der Waals surface area contributed by atoms with Crippen LogP contribution in [0.4, 0.5) is 0 Å². The molecule has 0 bridgehead atoms. The van der Waals surface area contributed by atoms with Crippen LogP contribution in [-0.4, -0.2) is 35.3 Å². The van der Waals surface area contributed by atoms with E-state index in [1.54, 1.807) is 24.3 Å². The summed E-state index contributed by atoms with van der Waals surface area (Å²) in [4.78, 5) is 24.4. The van der Waals surface area contributed by atoms with E-state index in [1.807, 2.05) is 24.3 Å². The maximum atomic E-state index is 12.2. The molecule has 0 fully saturated rings. The van der Waals surface area contributed by atoms with Crippen molar-refractivity contribution in [2.24, 2.45) is 0 Å². The van der Waals surface area contributed by atoms with Crippen LogP contribution in [-0.2, 0) is 9.47 Å². The molecule has 0 N–H and O–H groups in total. The lowest BCUT2D eigenvalue weighted by Crippen LogP contribution is -2.01. The van der Waals surface area contributed by atoms with E-state index in [2.05, 4.69) is 97.5 Å². The SMILES string of the molecule is COC(=O)c1ccc(-c2cc3c(cc(-c4ccc(C(=O)OC)cc4)n3-c3ccc(C(C)C)cc3)n2-c2ccc(C(C)C)cc2)cc1. The van der Waals surface area contributed by atoms with Crippen molar-refractivity contribution in [1.29, 1.82) is 0 Å². The van der Waals surface area contributed by atoms with Gasteiger partial charge in [0.15, 0.2) is 0 Å². The quantitative estimate of drug-likeness (QED) is 0.161. The van der Waals surface area contributed by atoms with E-state index in [-0.39, 0.29) is 11.9 Å². The molecule has 6 heteroatoms. The highest BCUT2D eigenvalue weighted by Gasteiger charge is 2.22. The summed E-state index contributed by atoms with van der Waals surface area (Å²) in [5, 5.41) is 0. The summed E-state index contributed by atoms with van der Waals surface area (Å²) in [6.45, 7) is 8.78. The molecule has 0 aliphatic heterocycles. The maximum Gasteiger partial charge on any atom is 0.337 e. The molecule has 232 valence electrons. The van der Waals surface area contributed by atoms with Crippen molar-refractivity contribution in [3.05, 3.63) is 131 Å². The van der Waals surface area contributed by atoms with Gasteiger partial charge in [0.1, 0.15) is 0 Å². The Bertz CT molecular complexity index is 1860. The van der Waals surface area contributed by atoms with Gasteiger partial charge in [0.2, 0.25) is 0 Å². The van der Waals surface area contributed by atoms with Crippen LogP contribution in [0.5, 0.6) is 0 Å². The zero-order valence-corrected chi connectivity index (χ0v) is 27.1. The number of esters is 2. The molecule has 4 aromatic carbocycles. The van der Waals surface area contributed by atoms with E-state index >= 15 is 0 Å². The lowest BCUT2D eigenvalue weighted by Gasteiger charge is -2.14. The van der Waals surface area contributed by atoms with E-state index in [0.717, 1.165) is 44.9 Å². The second kappa shape index (κ2) is 12.6. The summed E-state index contributed by atoms with van der Waals surface area (Å²) in [5.41, 5.74) is 11.6. The van der Waals surface area contributed by atoms with Crippen LogP contribution >= 0.6 is 0 Å². The Morgan fingerprint density at radius 1 is 0.500 bits per heavy atom. The molecule has 2 heterocycles. The molecule has 0 aliphatic carbocycles. The molecule has 6 aromatic rings. The normalized spacial score (nSPS) is 11.4. The summed E-state index contributed by atoms with van der Waals surface area (Å²) in [6, 6.07) is 36.9. The Kier molecular flexibility index (Phi) is 8.37. The zero-order valence-electron chi connectivity index (χ0n) is 27.1. The van der Waals surface area contributed by atoms with Crippen molar-refractivity contribution in [2.45, 2.75) is 39.5 Å². The highest BCUT2D eigenvalue weighted by atomic mass is 16.5. The summed E-state index contributed by atoms with van der Waals surface area (Å²) in [5.74, 6) is 0.100. The minimum atomic E-state index is -0.365. The van der Waals surface area contributed by atoms with Crippen molar-refractivity contribution in [1.82, 2.24) is 9.13 Å². The second-order valence-corrected chi connectivity index (χ2v) is 12.1. The van der Waals surface area contributed by atoms with E-state index < -0.39 is 0 Å². The molecule has 0 amide bonds. The fourth-order valence-electron chi connectivity index (χ4n) is 5.94. The van der Waals surface area contributed by atoms with E-state index in [4.69, 9.17) is 9.47 Å². The number of nitrogens with zero attached hydrogens (tertiary/aromatic N) is 2. The Labute approximate surface area is 269 Å². The molecule has 0 saturated carbocycles. The molecule has 0 unspecified atom stereocenters. The number of rotatable bonds is 8. The van der Waals surface area contributed by atoms with Crippen molar-refractivity contribution in [3.63, 3.8) is 0 Å². The molecule has 0 radical (unpaired) electrons. The molecular weight excluding hydrogens is 572 g/mol. The minimum Gasteiger partial charge on any atom is -0.465 e. The molecule has 0 spiro atoms. The number of benzene rings is 4. The lowest BCUT2D eigenvalue weighted by molar-refractivity contribution is 0.0592. The predicted molar refractivity (Wildman–Crippen MR) is 184 cm³/mol. The zero-order chi connectivity index (χ0) is 32.5. The fraction of sp³-hybridized carbons (Fsp3) is 0.200. The summed E-state index contributed by atoms with van der Waals surface area (Å²) >= 11 is 0. The van der Waals surface area contributed by atoms with Crippen LogP contribution in [0.25, 0.3) is 44.9 Å². The molecule has 6 rings (SSSR count). The Hall–Kier alpha value is -5.36. The van der Waals surface area contributed by atoms with Gasteiger partial charge in [-0.25, -0.2) is 9.59 Å². The van der Waals surface area contributed by atoms with Crippen molar-refractivity contribution >= 4 is 23.0 Å². The van der Waals surface area contributed by atoms with Crippen LogP contribution in [0.3, 0.4) is 0 Å². The summed E-state index contributed by atoms with van der Waals surface area (Å²) < 4.78 is 14.4. The third kappa shape index (κ3) is 5.63. The van der Waals surface area contributed by atoms with Gasteiger partial charge in [0.05, 0.1) is 47.8 Å². The van der Waals surface area contributed by atoms with Crippen molar-refractivity contribution < 1.29 is 19.1 Å². The molecule has 2 aromatic heterocycles. The minimum absolute atomic E-state index is 0.365. The van der Waals surface area contributed by atoms with E-state index in [0.29, 0.717) is 23.0 Å². The summed E-state index contributed by atoms with van der Waals surface area (Å²) in [7, 11) is 2.78. The highest BCUT2D eigenvalue weighted by molar-refractivity contribution is 5.95. The van der Waals surface area contributed by atoms with E-state index in [1.165, 1.54) is 25.3 Å². The summed E-state index contributed by atoms with van der Waals surface area (Å²) in [6.07, 6.45) is 0. The van der Waals surface area contributed by atoms with Crippen LogP contribution < -0.4 is 0 Å². The Balaban J connectivity index is 1.62. The number of ether oxygens (including phenoxy) is 2. The first-order valence-electron chi connectivity index (χ1n) is 15.6. The average molecular weight is 611 g/mol. The van der Waals surface area contributed by atoms with Gasteiger partial charge in [0, 0.05) is 11.4 Å². The smallest absolute Gasteiger partial charge is 0.337 e. The van der Waals surface area contributed by atoms with Gasteiger partial charge in [-0.05, 0) is 94.8 Å². The molecule has 0 saturated heterocycles. The van der Waals surface area contributed by atoms with Gasteiger partial charge in [-0.2, -0.15) is 0 Å². The average Bonchev–Trinajstić information content (AvgIpc) is 3.64. The molecule has 0 atom stereocenters. The first-order chi connectivity index (χ1) is 22.2. The van der Waals surface area contributed by atoms with Gasteiger partial charge in [0.25, 0.3) is 0 Å². The van der Waals surface area contributed by atoms with E-state index in [9.17, 15) is 9.59 Å².